The first-order valence-electron chi connectivity index (χ1n) is 7.29. The second-order valence-corrected chi connectivity index (χ2v) is 6.96. The van der Waals surface area contributed by atoms with E-state index in [-0.39, 0.29) is 6.04 Å². The molecule has 1 N–H and O–H groups in total. The highest BCUT2D eigenvalue weighted by Gasteiger charge is 2.18. The van der Waals surface area contributed by atoms with Crippen molar-refractivity contribution in [2.45, 2.75) is 33.2 Å². The number of hydrogen-bond donors (Lipinski definition) is 1. The van der Waals surface area contributed by atoms with Gasteiger partial charge in [-0.25, -0.2) is 0 Å². The molecule has 0 aliphatic heterocycles. The van der Waals surface area contributed by atoms with Crippen molar-refractivity contribution in [3.8, 4) is 5.75 Å². The zero-order valence-corrected chi connectivity index (χ0v) is 13.8. The molecule has 1 aromatic rings. The molecule has 2 atom stereocenters. The zero-order valence-electron chi connectivity index (χ0n) is 13.0. The smallest absolute Gasteiger partial charge is 0.123 e. The van der Waals surface area contributed by atoms with Crippen LogP contribution >= 0.6 is 0 Å². The van der Waals surface area contributed by atoms with Gasteiger partial charge in [0.15, 0.2) is 0 Å². The first-order valence-corrected chi connectivity index (χ1v) is 8.78. The van der Waals surface area contributed by atoms with E-state index >= 15 is 0 Å². The number of para-hydroxylation sites is 1. The van der Waals surface area contributed by atoms with E-state index in [1.165, 1.54) is 0 Å². The Morgan fingerprint density at radius 2 is 1.95 bits per heavy atom. The molecule has 0 aliphatic carbocycles. The third-order valence-corrected chi connectivity index (χ3v) is 4.77. The second kappa shape index (κ2) is 9.14. The van der Waals surface area contributed by atoms with Gasteiger partial charge >= 0.3 is 0 Å². The molecule has 2 unspecified atom stereocenters. The summed E-state index contributed by atoms with van der Waals surface area (Å²) in [6.07, 6.45) is 1.06. The van der Waals surface area contributed by atoms with Gasteiger partial charge in [0.2, 0.25) is 0 Å². The molecule has 1 aromatic carbocycles. The summed E-state index contributed by atoms with van der Waals surface area (Å²) in [5.41, 5.74) is 1.10. The minimum atomic E-state index is -0.812. The highest BCUT2D eigenvalue weighted by atomic mass is 32.2. The van der Waals surface area contributed by atoms with Crippen molar-refractivity contribution in [1.29, 1.82) is 0 Å². The van der Waals surface area contributed by atoms with Crippen molar-refractivity contribution in [2.24, 2.45) is 5.92 Å². The average Bonchev–Trinajstić information content (AvgIpc) is 2.42. The molecule has 4 heteroatoms. The molecule has 0 aromatic heterocycles. The van der Waals surface area contributed by atoms with E-state index in [2.05, 4.69) is 32.2 Å². The summed E-state index contributed by atoms with van der Waals surface area (Å²) >= 11 is 0. The summed E-state index contributed by atoms with van der Waals surface area (Å²) in [4.78, 5) is 0. The predicted octanol–water partition coefficient (Wildman–Crippen LogP) is 3.14. The van der Waals surface area contributed by atoms with Crippen LogP contribution in [0.25, 0.3) is 0 Å². The van der Waals surface area contributed by atoms with Crippen LogP contribution in [0.2, 0.25) is 0 Å². The fourth-order valence-electron chi connectivity index (χ4n) is 2.16. The van der Waals surface area contributed by atoms with Crippen LogP contribution in [0, 0.1) is 5.92 Å². The number of methoxy groups -OCH3 is 1. The van der Waals surface area contributed by atoms with Gasteiger partial charge in [-0.3, -0.25) is 4.21 Å². The maximum absolute atomic E-state index is 12.2. The fourth-order valence-corrected chi connectivity index (χ4v) is 3.71. The Morgan fingerprint density at radius 3 is 2.55 bits per heavy atom. The molecule has 0 bridgehead atoms. The van der Waals surface area contributed by atoms with Crippen LogP contribution in [0.5, 0.6) is 5.75 Å². The first kappa shape index (κ1) is 17.2. The Hall–Kier alpha value is -0.870. The summed E-state index contributed by atoms with van der Waals surface area (Å²) in [7, 11) is 0.869. The quantitative estimate of drug-likeness (QED) is 0.761. The SMILES string of the molecule is CCCNC(CS(=O)CC(C)C)c1ccccc1OC. The van der Waals surface area contributed by atoms with Crippen LogP contribution in [0.4, 0.5) is 0 Å². The Balaban J connectivity index is 2.85. The summed E-state index contributed by atoms with van der Waals surface area (Å²) in [6, 6.07) is 8.07. The lowest BCUT2D eigenvalue weighted by molar-refractivity contribution is 0.402. The van der Waals surface area contributed by atoms with Crippen molar-refractivity contribution < 1.29 is 8.95 Å². The largest absolute Gasteiger partial charge is 0.496 e. The molecule has 0 amide bonds. The van der Waals surface area contributed by atoms with Crippen LogP contribution in [0.15, 0.2) is 24.3 Å². The van der Waals surface area contributed by atoms with Gasteiger partial charge in [-0.1, -0.05) is 39.0 Å². The van der Waals surface area contributed by atoms with Crippen molar-refractivity contribution in [1.82, 2.24) is 5.32 Å². The van der Waals surface area contributed by atoms with Gasteiger partial charge in [0.25, 0.3) is 0 Å². The van der Waals surface area contributed by atoms with Crippen LogP contribution < -0.4 is 10.1 Å². The molecule has 0 aliphatic rings. The lowest BCUT2D eigenvalue weighted by Crippen LogP contribution is -2.28. The van der Waals surface area contributed by atoms with E-state index in [0.29, 0.717) is 11.7 Å². The van der Waals surface area contributed by atoms with Gasteiger partial charge in [0.05, 0.1) is 7.11 Å². The van der Waals surface area contributed by atoms with Crippen LogP contribution in [-0.2, 0) is 10.8 Å². The number of ether oxygens (including phenoxy) is 1. The normalized spacial score (nSPS) is 14.2. The molecule has 0 saturated carbocycles. The van der Waals surface area contributed by atoms with Gasteiger partial charge in [0, 0.05) is 33.9 Å². The summed E-state index contributed by atoms with van der Waals surface area (Å²) in [5, 5.41) is 3.49. The molecular formula is C16H27NO2S. The van der Waals surface area contributed by atoms with Gasteiger partial charge in [-0.15, -0.1) is 0 Å². The number of nitrogens with one attached hydrogen (secondary N) is 1. The first-order chi connectivity index (χ1) is 9.58. The summed E-state index contributed by atoms with van der Waals surface area (Å²) in [6.45, 7) is 7.27. The molecule has 0 saturated heterocycles. The minimum absolute atomic E-state index is 0.0886. The predicted molar refractivity (Wildman–Crippen MR) is 86.7 cm³/mol. The number of hydrogen-bond acceptors (Lipinski definition) is 3. The molecular weight excluding hydrogens is 270 g/mol. The molecule has 1 rings (SSSR count). The van der Waals surface area contributed by atoms with Crippen LogP contribution in [0.3, 0.4) is 0 Å². The monoisotopic (exact) mass is 297 g/mol. The lowest BCUT2D eigenvalue weighted by atomic mass is 10.1. The summed E-state index contributed by atoms with van der Waals surface area (Å²) in [5.74, 6) is 2.71. The summed E-state index contributed by atoms with van der Waals surface area (Å²) < 4.78 is 17.7. The molecule has 0 fully saturated rings. The van der Waals surface area contributed by atoms with Gasteiger partial charge in [-0.05, 0) is 24.9 Å². The Labute approximate surface area is 125 Å². The minimum Gasteiger partial charge on any atom is -0.496 e. The standard InChI is InChI=1S/C16H27NO2S/c1-5-10-17-15(12-20(18)11-13(2)3)14-8-6-7-9-16(14)19-4/h6-9,13,15,17H,5,10-12H2,1-4H3. The van der Waals surface area contributed by atoms with Gasteiger partial charge < -0.3 is 10.1 Å². The highest BCUT2D eigenvalue weighted by molar-refractivity contribution is 7.85. The molecule has 0 spiro atoms. The Kier molecular flexibility index (Phi) is 7.85. The van der Waals surface area contributed by atoms with Crippen molar-refractivity contribution in [2.75, 3.05) is 25.2 Å². The van der Waals surface area contributed by atoms with Crippen LogP contribution in [0.1, 0.15) is 38.8 Å². The molecule has 0 heterocycles. The second-order valence-electron chi connectivity index (χ2n) is 5.42. The molecule has 20 heavy (non-hydrogen) atoms. The highest BCUT2D eigenvalue weighted by Crippen LogP contribution is 2.25. The van der Waals surface area contributed by atoms with Crippen molar-refractivity contribution in [3.05, 3.63) is 29.8 Å². The van der Waals surface area contributed by atoms with Crippen molar-refractivity contribution in [3.63, 3.8) is 0 Å². The molecule has 0 radical (unpaired) electrons. The third kappa shape index (κ3) is 5.63. The number of rotatable bonds is 9. The van der Waals surface area contributed by atoms with E-state index in [4.69, 9.17) is 4.74 Å². The Morgan fingerprint density at radius 1 is 1.25 bits per heavy atom. The van der Waals surface area contributed by atoms with E-state index in [0.717, 1.165) is 30.0 Å². The zero-order chi connectivity index (χ0) is 15.0. The van der Waals surface area contributed by atoms with E-state index in [1.807, 2.05) is 18.2 Å². The number of benzene rings is 1. The van der Waals surface area contributed by atoms with Crippen molar-refractivity contribution >= 4 is 10.8 Å². The Bertz CT molecular complexity index is 421. The molecule has 114 valence electrons. The maximum atomic E-state index is 12.2. The maximum Gasteiger partial charge on any atom is 0.123 e. The van der Waals surface area contributed by atoms with E-state index < -0.39 is 10.8 Å². The third-order valence-electron chi connectivity index (χ3n) is 3.03. The van der Waals surface area contributed by atoms with E-state index in [1.54, 1.807) is 7.11 Å². The lowest BCUT2D eigenvalue weighted by Gasteiger charge is -2.21. The van der Waals surface area contributed by atoms with E-state index in [9.17, 15) is 4.21 Å². The average molecular weight is 297 g/mol. The molecule has 3 nitrogen and oxygen atoms in total. The fraction of sp³-hybridized carbons (Fsp3) is 0.625. The topological polar surface area (TPSA) is 38.3 Å². The van der Waals surface area contributed by atoms with Crippen LogP contribution in [-0.4, -0.2) is 29.4 Å². The van der Waals surface area contributed by atoms with Gasteiger partial charge in [-0.2, -0.15) is 0 Å². The van der Waals surface area contributed by atoms with Gasteiger partial charge in [0.1, 0.15) is 5.75 Å².